The maximum atomic E-state index is 13.2. The molecule has 3 rings (SSSR count). The van der Waals surface area contributed by atoms with Gasteiger partial charge in [-0.25, -0.2) is 9.78 Å². The average molecular weight is 512 g/mol. The first-order valence-corrected chi connectivity index (χ1v) is 12.0. The molecule has 0 aliphatic rings. The van der Waals surface area contributed by atoms with Crippen molar-refractivity contribution >= 4 is 34.6 Å². The third-order valence-electron chi connectivity index (χ3n) is 5.99. The second kappa shape index (κ2) is 12.2. The predicted octanol–water partition coefficient (Wildman–Crippen LogP) is 0.218. The van der Waals surface area contributed by atoms with E-state index < -0.39 is 47.9 Å². The summed E-state index contributed by atoms with van der Waals surface area (Å²) in [5.41, 5.74) is 7.84. The minimum absolute atomic E-state index is 0.0523. The number of carbonyl (C=O) groups excluding carboxylic acids is 3. The van der Waals surface area contributed by atoms with Crippen LogP contribution < -0.4 is 21.7 Å². The number of amides is 3. The molecule has 4 unspecified atom stereocenters. The first-order valence-electron chi connectivity index (χ1n) is 12.0. The standard InChI is InChI=1S/C25H33N7O5/c1-13(2)21(32-23(34)19(30-22(33)14(3)26)9-16-11-27-12-29-16)24(35)31-20(25(36)37)8-15-10-28-18-7-5-4-6-17(15)18/h4-7,10-14,19-21,28H,8-9,26H2,1-3H3,(H,27,29)(H,30,33)(H,31,35)(H,32,34)(H,36,37). The Morgan fingerprint density at radius 2 is 1.65 bits per heavy atom. The van der Waals surface area contributed by atoms with Gasteiger partial charge < -0.3 is 36.8 Å². The van der Waals surface area contributed by atoms with Crippen molar-refractivity contribution in [3.05, 3.63) is 54.2 Å². The first kappa shape index (κ1) is 27.4. The molecule has 2 aromatic heterocycles. The van der Waals surface area contributed by atoms with Crippen LogP contribution in [-0.4, -0.2) is 67.9 Å². The molecule has 12 heteroatoms. The van der Waals surface area contributed by atoms with Crippen LogP contribution in [0, 0.1) is 5.92 Å². The topological polar surface area (TPSA) is 195 Å². The van der Waals surface area contributed by atoms with E-state index in [0.29, 0.717) is 5.69 Å². The van der Waals surface area contributed by atoms with Crippen molar-refractivity contribution in [2.45, 2.75) is 57.8 Å². The number of nitrogens with zero attached hydrogens (tertiary/aromatic N) is 1. The number of carboxylic acids is 1. The number of aromatic nitrogens is 3. The van der Waals surface area contributed by atoms with Crippen molar-refractivity contribution in [3.8, 4) is 0 Å². The monoisotopic (exact) mass is 511 g/mol. The van der Waals surface area contributed by atoms with E-state index in [0.717, 1.165) is 16.5 Å². The van der Waals surface area contributed by atoms with Crippen molar-refractivity contribution < 1.29 is 24.3 Å². The Morgan fingerprint density at radius 3 is 2.27 bits per heavy atom. The van der Waals surface area contributed by atoms with Crippen LogP contribution in [0.4, 0.5) is 0 Å². The quantitative estimate of drug-likeness (QED) is 0.180. The number of nitrogens with one attached hydrogen (secondary N) is 5. The molecular weight excluding hydrogens is 478 g/mol. The van der Waals surface area contributed by atoms with Gasteiger partial charge in [-0.1, -0.05) is 32.0 Å². The lowest BCUT2D eigenvalue weighted by Crippen LogP contribution is -2.59. The number of H-pyrrole nitrogens is 2. The zero-order valence-corrected chi connectivity index (χ0v) is 20.9. The molecule has 0 fully saturated rings. The van der Waals surface area contributed by atoms with Gasteiger partial charge in [0, 0.05) is 41.8 Å². The van der Waals surface area contributed by atoms with Gasteiger partial charge in [-0.3, -0.25) is 14.4 Å². The number of carbonyl (C=O) groups is 4. The van der Waals surface area contributed by atoms with Crippen LogP contribution in [0.1, 0.15) is 32.0 Å². The van der Waals surface area contributed by atoms with Gasteiger partial charge in [0.1, 0.15) is 18.1 Å². The zero-order chi connectivity index (χ0) is 27.1. The number of imidazole rings is 1. The summed E-state index contributed by atoms with van der Waals surface area (Å²) in [6, 6.07) is 3.32. The van der Waals surface area contributed by atoms with Gasteiger partial charge in [0.2, 0.25) is 17.7 Å². The van der Waals surface area contributed by atoms with E-state index >= 15 is 0 Å². The highest BCUT2D eigenvalue weighted by atomic mass is 16.4. The first-order chi connectivity index (χ1) is 17.6. The van der Waals surface area contributed by atoms with Crippen LogP contribution >= 0.6 is 0 Å². The van der Waals surface area contributed by atoms with Crippen LogP contribution in [0.15, 0.2) is 43.0 Å². The van der Waals surface area contributed by atoms with E-state index in [1.165, 1.54) is 19.4 Å². The van der Waals surface area contributed by atoms with Crippen molar-refractivity contribution in [2.75, 3.05) is 0 Å². The summed E-state index contributed by atoms with van der Waals surface area (Å²) in [6.07, 6.45) is 4.83. The maximum absolute atomic E-state index is 13.2. The van der Waals surface area contributed by atoms with Crippen molar-refractivity contribution in [1.82, 2.24) is 30.9 Å². The fraction of sp³-hybridized carbons (Fsp3) is 0.400. The largest absolute Gasteiger partial charge is 0.480 e. The fourth-order valence-electron chi connectivity index (χ4n) is 3.90. The fourth-order valence-corrected chi connectivity index (χ4v) is 3.90. The van der Waals surface area contributed by atoms with Gasteiger partial charge in [0.05, 0.1) is 12.4 Å². The Labute approximate surface area is 213 Å². The summed E-state index contributed by atoms with van der Waals surface area (Å²) in [6.45, 7) is 4.94. The van der Waals surface area contributed by atoms with Gasteiger partial charge in [-0.05, 0) is 24.5 Å². The van der Waals surface area contributed by atoms with E-state index in [4.69, 9.17) is 5.73 Å². The van der Waals surface area contributed by atoms with Crippen molar-refractivity contribution in [2.24, 2.45) is 11.7 Å². The molecule has 3 aromatic rings. The molecule has 0 saturated carbocycles. The number of hydrogen-bond donors (Lipinski definition) is 7. The van der Waals surface area contributed by atoms with Crippen LogP contribution in [-0.2, 0) is 32.0 Å². The second-order valence-electron chi connectivity index (χ2n) is 9.32. The van der Waals surface area contributed by atoms with Crippen LogP contribution in [0.2, 0.25) is 0 Å². The van der Waals surface area contributed by atoms with E-state index in [1.807, 2.05) is 24.3 Å². The number of benzene rings is 1. The van der Waals surface area contributed by atoms with Gasteiger partial charge >= 0.3 is 5.97 Å². The van der Waals surface area contributed by atoms with E-state index in [9.17, 15) is 24.3 Å². The molecule has 0 aliphatic carbocycles. The number of nitrogens with two attached hydrogens (primary N) is 1. The smallest absolute Gasteiger partial charge is 0.326 e. The zero-order valence-electron chi connectivity index (χ0n) is 20.9. The van der Waals surface area contributed by atoms with E-state index in [1.54, 1.807) is 20.0 Å². The molecule has 8 N–H and O–H groups in total. The van der Waals surface area contributed by atoms with E-state index in [-0.39, 0.29) is 18.8 Å². The number of carboxylic acid groups (broad SMARTS) is 1. The minimum Gasteiger partial charge on any atom is -0.480 e. The molecule has 4 atom stereocenters. The number of aliphatic carboxylic acids is 1. The summed E-state index contributed by atoms with van der Waals surface area (Å²) in [7, 11) is 0. The number of para-hydroxylation sites is 1. The Bertz CT molecular complexity index is 1240. The third kappa shape index (κ3) is 7.17. The SMILES string of the molecule is CC(N)C(=O)NC(Cc1cnc[nH]1)C(=O)NC(C(=O)NC(Cc1c[nH]c2ccccc12)C(=O)O)C(C)C. The van der Waals surface area contributed by atoms with Crippen LogP contribution in [0.5, 0.6) is 0 Å². The summed E-state index contributed by atoms with van der Waals surface area (Å²) < 4.78 is 0. The summed E-state index contributed by atoms with van der Waals surface area (Å²) in [5.74, 6) is -3.36. The molecular formula is C25H33N7O5. The molecule has 37 heavy (non-hydrogen) atoms. The molecule has 0 radical (unpaired) electrons. The normalized spacial score (nSPS) is 14.5. The molecule has 0 spiro atoms. The Hall–Kier alpha value is -4.19. The second-order valence-corrected chi connectivity index (χ2v) is 9.32. The minimum atomic E-state index is -1.22. The number of hydrogen-bond acceptors (Lipinski definition) is 6. The molecule has 0 bridgehead atoms. The molecule has 1 aromatic carbocycles. The number of fused-ring (bicyclic) bond motifs is 1. The predicted molar refractivity (Wildman–Crippen MR) is 136 cm³/mol. The van der Waals surface area contributed by atoms with Crippen LogP contribution in [0.25, 0.3) is 10.9 Å². The van der Waals surface area contributed by atoms with Gasteiger partial charge in [-0.2, -0.15) is 0 Å². The number of aromatic amines is 2. The molecule has 12 nitrogen and oxygen atoms in total. The Balaban J connectivity index is 1.74. The lowest BCUT2D eigenvalue weighted by Gasteiger charge is -2.26. The average Bonchev–Trinajstić information content (AvgIpc) is 3.51. The van der Waals surface area contributed by atoms with Crippen molar-refractivity contribution in [1.29, 1.82) is 0 Å². The summed E-state index contributed by atoms with van der Waals surface area (Å²) >= 11 is 0. The molecule has 2 heterocycles. The summed E-state index contributed by atoms with van der Waals surface area (Å²) in [4.78, 5) is 60.4. The Kier molecular flexibility index (Phi) is 9.01. The lowest BCUT2D eigenvalue weighted by molar-refractivity contribution is -0.142. The van der Waals surface area contributed by atoms with Crippen molar-refractivity contribution in [3.63, 3.8) is 0 Å². The summed E-state index contributed by atoms with van der Waals surface area (Å²) in [5, 5.41) is 18.5. The van der Waals surface area contributed by atoms with Gasteiger partial charge in [0.25, 0.3) is 0 Å². The lowest BCUT2D eigenvalue weighted by atomic mass is 10.00. The molecule has 0 aliphatic heterocycles. The highest BCUT2D eigenvalue weighted by Crippen LogP contribution is 2.19. The highest BCUT2D eigenvalue weighted by Gasteiger charge is 2.32. The van der Waals surface area contributed by atoms with E-state index in [2.05, 4.69) is 30.9 Å². The Morgan fingerprint density at radius 1 is 0.946 bits per heavy atom. The highest BCUT2D eigenvalue weighted by molar-refractivity contribution is 5.94. The van der Waals surface area contributed by atoms with Crippen LogP contribution in [0.3, 0.4) is 0 Å². The molecule has 198 valence electrons. The maximum Gasteiger partial charge on any atom is 0.326 e. The van der Waals surface area contributed by atoms with Gasteiger partial charge in [-0.15, -0.1) is 0 Å². The number of rotatable bonds is 12. The van der Waals surface area contributed by atoms with Gasteiger partial charge in [0.15, 0.2) is 0 Å². The molecule has 0 saturated heterocycles. The third-order valence-corrected chi connectivity index (χ3v) is 5.99. The molecule has 3 amide bonds.